The van der Waals surface area contributed by atoms with Crippen molar-refractivity contribution in [2.45, 2.75) is 13.8 Å². The topological polar surface area (TPSA) is 41.6 Å². The number of anilines is 6. The average Bonchev–Trinajstić information content (AvgIpc) is 1.49. The maximum atomic E-state index is 6.85. The van der Waals surface area contributed by atoms with Gasteiger partial charge in [0, 0.05) is 98.5 Å². The van der Waals surface area contributed by atoms with Crippen LogP contribution in [-0.2, 0) is 0 Å². The summed E-state index contributed by atoms with van der Waals surface area (Å²) in [6.07, 6.45) is 0. The first-order valence-electron chi connectivity index (χ1n) is 37.9. The summed E-state index contributed by atoms with van der Waals surface area (Å²) in [6, 6.07) is 134. The van der Waals surface area contributed by atoms with Crippen molar-refractivity contribution in [2.75, 3.05) is 9.80 Å². The number of nitrogens with zero attached hydrogens (tertiary/aromatic N) is 4. The lowest BCUT2D eigenvalue weighted by atomic mass is 9.89. The highest BCUT2D eigenvalue weighted by atomic mass is 16.3. The van der Waals surface area contributed by atoms with Gasteiger partial charge in [-0.2, -0.15) is 0 Å². The van der Waals surface area contributed by atoms with Crippen molar-refractivity contribution in [2.24, 2.45) is 0 Å². The van der Waals surface area contributed by atoms with Crippen LogP contribution in [0.15, 0.2) is 373 Å². The fourth-order valence-electron chi connectivity index (χ4n) is 18.6. The first-order valence-corrected chi connectivity index (χ1v) is 37.9. The predicted octanol–water partition coefficient (Wildman–Crippen LogP) is 29.3. The van der Waals surface area contributed by atoms with Gasteiger partial charge in [0.25, 0.3) is 0 Å². The van der Waals surface area contributed by atoms with Gasteiger partial charge in [-0.15, -0.1) is 0 Å². The van der Waals surface area contributed by atoms with Gasteiger partial charge in [-0.05, 0) is 153 Å². The van der Waals surface area contributed by atoms with Crippen molar-refractivity contribution >= 4 is 154 Å². The quantitative estimate of drug-likeness (QED) is 0.122. The molecule has 6 heteroatoms. The molecule has 6 nitrogen and oxygen atoms in total. The van der Waals surface area contributed by atoms with Gasteiger partial charge >= 0.3 is 0 Å². The minimum Gasteiger partial charge on any atom is -0.454 e. The number of rotatable bonds is 12. The molecular weight excluding hydrogens is 1340 g/mol. The Morgan fingerprint density at radius 2 is 0.555 bits per heavy atom. The summed E-state index contributed by atoms with van der Waals surface area (Å²) in [7, 11) is 0. The van der Waals surface area contributed by atoms with Crippen molar-refractivity contribution < 1.29 is 8.83 Å². The average molecular weight is 1400 g/mol. The first-order chi connectivity index (χ1) is 54.5. The molecule has 0 aliphatic heterocycles. The van der Waals surface area contributed by atoms with E-state index >= 15 is 0 Å². The summed E-state index contributed by atoms with van der Waals surface area (Å²) in [5, 5.41) is 14.2. The van der Waals surface area contributed by atoms with Crippen LogP contribution in [0.25, 0.3) is 187 Å². The number of aryl methyl sites for hydroxylation is 2. The highest BCUT2D eigenvalue weighted by Gasteiger charge is 2.33. The van der Waals surface area contributed by atoms with E-state index in [0.29, 0.717) is 0 Å². The van der Waals surface area contributed by atoms with Gasteiger partial charge in [0.15, 0.2) is 11.2 Å². The molecule has 17 aromatic carbocycles. The Morgan fingerprint density at radius 3 is 0.964 bits per heavy atom. The monoisotopic (exact) mass is 1400 g/mol. The van der Waals surface area contributed by atoms with Crippen molar-refractivity contribution in [3.05, 3.63) is 375 Å². The Morgan fingerprint density at radius 1 is 0.227 bits per heavy atom. The zero-order valence-corrected chi connectivity index (χ0v) is 60.2. The van der Waals surface area contributed by atoms with E-state index in [2.05, 4.69) is 384 Å². The minimum absolute atomic E-state index is 0.849. The second-order valence-corrected chi connectivity index (χ2v) is 29.4. The molecule has 23 rings (SSSR count). The summed E-state index contributed by atoms with van der Waals surface area (Å²) < 4.78 is 19.0. The molecule has 0 bridgehead atoms. The van der Waals surface area contributed by atoms with E-state index in [0.717, 1.165) is 122 Å². The first kappa shape index (κ1) is 61.8. The van der Waals surface area contributed by atoms with Crippen LogP contribution in [0.4, 0.5) is 34.1 Å². The maximum absolute atomic E-state index is 6.85. The number of hydrogen-bond donors (Lipinski definition) is 0. The van der Waals surface area contributed by atoms with Crippen LogP contribution < -0.4 is 9.80 Å². The Hall–Kier alpha value is -14.5. The molecule has 0 aliphatic rings. The van der Waals surface area contributed by atoms with Crippen LogP contribution in [0.5, 0.6) is 0 Å². The molecular formula is C104H66N4O2. The van der Waals surface area contributed by atoms with E-state index in [-0.39, 0.29) is 0 Å². The molecule has 0 atom stereocenters. The van der Waals surface area contributed by atoms with Gasteiger partial charge in [-0.25, -0.2) is 0 Å². The summed E-state index contributed by atoms with van der Waals surface area (Å²) in [5.74, 6) is 0. The fraction of sp³-hybridized carbons (Fsp3) is 0.0192. The lowest BCUT2D eigenvalue weighted by molar-refractivity contribution is 0.668. The minimum atomic E-state index is 0.849. The SMILES string of the molecule is Cc1ccc(-c2ccccc2)cc1N(c1ccc(-c2cccc3c2c2cccc4c5c(-c6ccccc6)c6c(c(-c7ccccc7)c5n3c24)c2cccc3c4c(-c5ccc(N(c7cc(-c8ccccc8)ccc7C)c7cccc8c7oc7ccccc78)cc5)cccc4n6c32)cc1)c1cccc2c1oc1ccccc12. The van der Waals surface area contributed by atoms with Gasteiger partial charge in [0.1, 0.15) is 11.2 Å². The van der Waals surface area contributed by atoms with Crippen LogP contribution in [-0.4, -0.2) is 8.80 Å². The van der Waals surface area contributed by atoms with E-state index in [1.54, 1.807) is 0 Å². The lowest BCUT2D eigenvalue weighted by Crippen LogP contribution is -2.12. The van der Waals surface area contributed by atoms with Gasteiger partial charge < -0.3 is 27.4 Å². The molecule has 0 amide bonds. The zero-order valence-electron chi connectivity index (χ0n) is 60.2. The second kappa shape index (κ2) is 24.0. The van der Waals surface area contributed by atoms with E-state index in [1.165, 1.54) is 110 Å². The third kappa shape index (κ3) is 9.05. The highest BCUT2D eigenvalue weighted by molar-refractivity contribution is 6.39. The zero-order chi connectivity index (χ0) is 72.4. The largest absolute Gasteiger partial charge is 0.454 e. The Bertz CT molecular complexity index is 7180. The maximum Gasteiger partial charge on any atom is 0.159 e. The van der Waals surface area contributed by atoms with E-state index < -0.39 is 0 Å². The predicted molar refractivity (Wildman–Crippen MR) is 462 cm³/mol. The molecule has 0 N–H and O–H groups in total. The van der Waals surface area contributed by atoms with Gasteiger partial charge in [-0.3, -0.25) is 0 Å². The van der Waals surface area contributed by atoms with Crippen LogP contribution in [0.1, 0.15) is 11.1 Å². The molecule has 0 spiro atoms. The molecule has 0 fully saturated rings. The van der Waals surface area contributed by atoms with Crippen molar-refractivity contribution in [1.82, 2.24) is 8.80 Å². The number of hydrogen-bond acceptors (Lipinski definition) is 4. The number of para-hydroxylation sites is 6. The molecule has 23 aromatic rings. The summed E-state index contributed by atoms with van der Waals surface area (Å²) >= 11 is 0. The van der Waals surface area contributed by atoms with Gasteiger partial charge in [0.2, 0.25) is 0 Å². The summed E-state index contributed by atoms with van der Waals surface area (Å²) in [6.45, 7) is 4.42. The Kier molecular flexibility index (Phi) is 13.5. The molecule has 0 aliphatic carbocycles. The second-order valence-electron chi connectivity index (χ2n) is 29.4. The summed E-state index contributed by atoms with van der Waals surface area (Å²) in [4.78, 5) is 4.78. The van der Waals surface area contributed by atoms with E-state index in [4.69, 9.17) is 8.83 Å². The normalized spacial score (nSPS) is 12.1. The molecule has 110 heavy (non-hydrogen) atoms. The molecule has 6 heterocycles. The standard InChI is InChI=1S/C104H66N4O2/c1-63-49-51-71(65-25-7-3-8-26-65)61-89(63)105(87-45-23-37-79-77-33-15-17-47-91(77)109-103(79)87)73-57-53-67(54-58-73)75-35-21-43-85-95(75)81-39-19-41-83-97-94(70-31-13-6-14-32-70)102-98(93(69-29-11-5-12-30-69)101(97)107(85)99(81)83)84-42-20-40-82-96-76(36-22-44-86(96)108(102)100(82)84)68-55-59-74(60-56-68)106(90-62-72(52-50-64(90)2)66-27-9-4-10-28-66)88-46-24-38-80-78-34-16-18-48-92(78)110-104(80)88/h3-62H,1-2H3. The third-order valence-corrected chi connectivity index (χ3v) is 23.4. The molecule has 0 unspecified atom stereocenters. The van der Waals surface area contributed by atoms with Crippen LogP contribution in [0.2, 0.25) is 0 Å². The number of fused-ring (bicyclic) bond motifs is 18. The van der Waals surface area contributed by atoms with Crippen LogP contribution >= 0.6 is 0 Å². The van der Waals surface area contributed by atoms with Gasteiger partial charge in [-0.1, -0.05) is 291 Å². The molecule has 0 radical (unpaired) electrons. The van der Waals surface area contributed by atoms with Crippen LogP contribution in [0, 0.1) is 13.8 Å². The number of aromatic nitrogens is 2. The molecule has 0 saturated carbocycles. The molecule has 0 saturated heterocycles. The molecule has 6 aromatic heterocycles. The highest BCUT2D eigenvalue weighted by Crippen LogP contribution is 2.56. The lowest BCUT2D eigenvalue weighted by Gasteiger charge is -2.28. The number of furan rings is 2. The van der Waals surface area contributed by atoms with Crippen molar-refractivity contribution in [3.63, 3.8) is 0 Å². The van der Waals surface area contributed by atoms with E-state index in [9.17, 15) is 0 Å². The van der Waals surface area contributed by atoms with E-state index in [1.807, 2.05) is 12.1 Å². The van der Waals surface area contributed by atoms with Gasteiger partial charge in [0.05, 0.1) is 44.5 Å². The van der Waals surface area contributed by atoms with Crippen LogP contribution in [0.3, 0.4) is 0 Å². The fourth-order valence-corrected chi connectivity index (χ4v) is 18.6. The Labute approximate surface area is 633 Å². The molecule has 514 valence electrons. The third-order valence-electron chi connectivity index (χ3n) is 23.4. The summed E-state index contributed by atoms with van der Waals surface area (Å²) in [5.41, 5.74) is 33.1. The van der Waals surface area contributed by atoms with Crippen molar-refractivity contribution in [3.8, 4) is 66.8 Å². The number of benzene rings is 17. The Balaban J connectivity index is 0.722. The smallest absolute Gasteiger partial charge is 0.159 e. The van der Waals surface area contributed by atoms with Crippen molar-refractivity contribution in [1.29, 1.82) is 0 Å².